The number of likely N-dealkylation sites (N-methyl/N-ethyl adjacent to an activating group) is 2. The second kappa shape index (κ2) is 9.94. The van der Waals surface area contributed by atoms with Crippen LogP contribution in [0.4, 0.5) is 22.7 Å². The zero-order valence-corrected chi connectivity index (χ0v) is 21.0. The first-order valence-corrected chi connectivity index (χ1v) is 11.8. The van der Waals surface area contributed by atoms with Crippen molar-refractivity contribution < 1.29 is 24.0 Å². The molecular weight excluding hydrogens is 490 g/mol. The van der Waals surface area contributed by atoms with Gasteiger partial charge in [0.25, 0.3) is 5.69 Å². The van der Waals surface area contributed by atoms with E-state index >= 15 is 0 Å². The molecule has 0 saturated carbocycles. The van der Waals surface area contributed by atoms with Crippen molar-refractivity contribution in [1.29, 1.82) is 0 Å². The van der Waals surface area contributed by atoms with E-state index in [0.717, 1.165) is 0 Å². The maximum absolute atomic E-state index is 13.2. The monoisotopic (exact) mass is 515 g/mol. The Morgan fingerprint density at radius 3 is 2.50 bits per heavy atom. The van der Waals surface area contributed by atoms with Crippen LogP contribution in [0.25, 0.3) is 0 Å². The summed E-state index contributed by atoms with van der Waals surface area (Å²) in [6, 6.07) is 16.7. The number of carbonyl (C=O) groups excluding carboxylic acids is 2. The van der Waals surface area contributed by atoms with Crippen molar-refractivity contribution >= 4 is 40.3 Å². The maximum atomic E-state index is 13.2. The molecule has 194 valence electrons. The van der Waals surface area contributed by atoms with Crippen molar-refractivity contribution in [2.75, 3.05) is 44.7 Å². The minimum atomic E-state index is -0.810. The molecule has 2 aliphatic rings. The Morgan fingerprint density at radius 1 is 1.05 bits per heavy atom. The van der Waals surface area contributed by atoms with Crippen molar-refractivity contribution in [3.8, 4) is 11.5 Å². The average Bonchev–Trinajstić information content (AvgIpc) is 3.49. The van der Waals surface area contributed by atoms with Crippen LogP contribution >= 0.6 is 0 Å². The van der Waals surface area contributed by atoms with Gasteiger partial charge in [0.05, 0.1) is 28.6 Å². The lowest BCUT2D eigenvalue weighted by atomic mass is 9.90. The van der Waals surface area contributed by atoms with Gasteiger partial charge in [-0.3, -0.25) is 24.7 Å². The molecule has 11 heteroatoms. The summed E-state index contributed by atoms with van der Waals surface area (Å²) in [5.41, 5.74) is 3.20. The molecular formula is C27H25N5O6. The number of fused-ring (bicyclic) bond motifs is 2. The average molecular weight is 516 g/mol. The van der Waals surface area contributed by atoms with Crippen LogP contribution in [0.5, 0.6) is 11.5 Å². The quantitative estimate of drug-likeness (QED) is 0.289. The highest BCUT2D eigenvalue weighted by atomic mass is 16.7. The Kier molecular flexibility index (Phi) is 6.52. The Balaban J connectivity index is 1.55. The van der Waals surface area contributed by atoms with E-state index in [-0.39, 0.29) is 30.8 Å². The summed E-state index contributed by atoms with van der Waals surface area (Å²) in [6.45, 7) is 0.377. The molecule has 1 atom stereocenters. The predicted molar refractivity (Wildman–Crippen MR) is 142 cm³/mol. The third-order valence-electron chi connectivity index (χ3n) is 6.33. The molecule has 0 radical (unpaired) electrons. The first kappa shape index (κ1) is 24.9. The smallest absolute Gasteiger partial charge is 0.271 e. The highest BCUT2D eigenvalue weighted by molar-refractivity contribution is 6.24. The molecule has 0 aliphatic carbocycles. The van der Waals surface area contributed by atoms with Crippen LogP contribution in [0.15, 0.2) is 65.7 Å². The largest absolute Gasteiger partial charge is 0.454 e. The van der Waals surface area contributed by atoms with Crippen LogP contribution in [0, 0.1) is 10.1 Å². The lowest BCUT2D eigenvalue weighted by Crippen LogP contribution is -2.34. The molecule has 2 aliphatic heterocycles. The minimum Gasteiger partial charge on any atom is -0.454 e. The van der Waals surface area contributed by atoms with Crippen molar-refractivity contribution in [2.24, 2.45) is 4.99 Å². The number of nitrogens with zero attached hydrogens (tertiary/aromatic N) is 4. The summed E-state index contributed by atoms with van der Waals surface area (Å²) in [5.74, 6) is -0.0814. The molecule has 5 rings (SSSR count). The van der Waals surface area contributed by atoms with Gasteiger partial charge in [0.2, 0.25) is 18.6 Å². The number of carbonyl (C=O) groups is 2. The van der Waals surface area contributed by atoms with Gasteiger partial charge in [-0.1, -0.05) is 0 Å². The van der Waals surface area contributed by atoms with E-state index in [4.69, 9.17) is 14.5 Å². The Bertz CT molecular complexity index is 1470. The van der Waals surface area contributed by atoms with E-state index in [1.807, 2.05) is 14.1 Å². The lowest BCUT2D eigenvalue weighted by molar-refractivity contribution is -0.384. The summed E-state index contributed by atoms with van der Waals surface area (Å²) in [5, 5.41) is 14.0. The van der Waals surface area contributed by atoms with E-state index in [2.05, 4.69) is 5.32 Å². The number of nitro benzene ring substituents is 1. The van der Waals surface area contributed by atoms with Crippen molar-refractivity contribution in [2.45, 2.75) is 5.92 Å². The van der Waals surface area contributed by atoms with Crippen molar-refractivity contribution in [3.05, 3.63) is 81.9 Å². The lowest BCUT2D eigenvalue weighted by Gasteiger charge is -2.20. The van der Waals surface area contributed by atoms with Gasteiger partial charge in [0.15, 0.2) is 11.5 Å². The third-order valence-corrected chi connectivity index (χ3v) is 6.33. The Labute approximate surface area is 218 Å². The molecule has 0 fully saturated rings. The third kappa shape index (κ3) is 4.78. The molecule has 3 aromatic carbocycles. The van der Waals surface area contributed by atoms with E-state index in [0.29, 0.717) is 45.4 Å². The fourth-order valence-corrected chi connectivity index (χ4v) is 4.40. The van der Waals surface area contributed by atoms with Gasteiger partial charge in [-0.05, 0) is 68.2 Å². The van der Waals surface area contributed by atoms with Gasteiger partial charge in [-0.15, -0.1) is 0 Å². The van der Waals surface area contributed by atoms with Gasteiger partial charge in [-0.25, -0.2) is 0 Å². The number of nitro groups is 1. The van der Waals surface area contributed by atoms with E-state index < -0.39 is 10.8 Å². The van der Waals surface area contributed by atoms with Gasteiger partial charge >= 0.3 is 0 Å². The van der Waals surface area contributed by atoms with Crippen LogP contribution in [0.3, 0.4) is 0 Å². The summed E-state index contributed by atoms with van der Waals surface area (Å²) in [6.07, 6.45) is 0. The summed E-state index contributed by atoms with van der Waals surface area (Å²) >= 11 is 0. The fourth-order valence-electron chi connectivity index (χ4n) is 4.40. The molecule has 0 spiro atoms. The Hall–Kier alpha value is -4.77. The van der Waals surface area contributed by atoms with Crippen LogP contribution in [-0.4, -0.2) is 61.8 Å². The van der Waals surface area contributed by atoms with E-state index in [1.165, 1.54) is 12.1 Å². The molecule has 2 amide bonds. The normalized spacial score (nSPS) is 15.8. The van der Waals surface area contributed by atoms with Crippen LogP contribution in [0.1, 0.15) is 17.0 Å². The zero-order chi connectivity index (χ0) is 27.0. The predicted octanol–water partition coefficient (Wildman–Crippen LogP) is 3.70. The molecule has 1 unspecified atom stereocenters. The van der Waals surface area contributed by atoms with Gasteiger partial charge in [-0.2, -0.15) is 0 Å². The summed E-state index contributed by atoms with van der Waals surface area (Å²) in [4.78, 5) is 44.6. The number of hydrogen-bond acceptors (Lipinski definition) is 8. The molecule has 2 heterocycles. The van der Waals surface area contributed by atoms with Crippen LogP contribution in [0.2, 0.25) is 0 Å². The zero-order valence-electron chi connectivity index (χ0n) is 21.0. The first-order valence-electron chi connectivity index (χ1n) is 11.8. The summed E-state index contributed by atoms with van der Waals surface area (Å²) in [7, 11) is 5.37. The van der Waals surface area contributed by atoms with E-state index in [9.17, 15) is 19.7 Å². The number of rotatable bonds is 7. The number of aliphatic imine (C=N–C) groups is 1. The van der Waals surface area contributed by atoms with E-state index in [1.54, 1.807) is 65.4 Å². The van der Waals surface area contributed by atoms with Gasteiger partial charge < -0.3 is 24.6 Å². The second-order valence-corrected chi connectivity index (χ2v) is 9.22. The second-order valence-electron chi connectivity index (χ2n) is 9.22. The summed E-state index contributed by atoms with van der Waals surface area (Å²) < 4.78 is 11.0. The number of anilines is 2. The molecule has 38 heavy (non-hydrogen) atoms. The number of amides is 2. The van der Waals surface area contributed by atoms with Crippen molar-refractivity contribution in [1.82, 2.24) is 4.90 Å². The standard InChI is InChI=1S/C27H25N5O6/c1-30(2)14-24(33)31(3)18-7-5-17(6-8-18)28-26(16-4-11-22-23(12-16)38-15-37-22)25-20-10-9-19(32(35)36)13-21(20)29-27(25)34/h4-13,25H,14-15H2,1-3H3,(H,29,34). The topological polar surface area (TPSA) is 127 Å². The fraction of sp³-hybridized carbons (Fsp3) is 0.222. The first-order chi connectivity index (χ1) is 18.2. The highest BCUT2D eigenvalue weighted by Crippen LogP contribution is 2.40. The molecule has 0 aromatic heterocycles. The number of hydrogen-bond donors (Lipinski definition) is 1. The number of ether oxygens (including phenoxy) is 2. The van der Waals surface area contributed by atoms with Crippen molar-refractivity contribution in [3.63, 3.8) is 0 Å². The number of nitrogens with one attached hydrogen (secondary N) is 1. The molecule has 3 aromatic rings. The van der Waals surface area contributed by atoms with Gasteiger partial charge in [0.1, 0.15) is 5.92 Å². The minimum absolute atomic E-state index is 0.0550. The van der Waals surface area contributed by atoms with Gasteiger partial charge in [0, 0.05) is 30.4 Å². The highest BCUT2D eigenvalue weighted by Gasteiger charge is 2.37. The maximum Gasteiger partial charge on any atom is 0.271 e. The molecule has 11 nitrogen and oxygen atoms in total. The van der Waals surface area contributed by atoms with Crippen LogP contribution < -0.4 is 19.7 Å². The SMILES string of the molecule is CN(C)CC(=O)N(C)c1ccc(N=C(c2ccc3c(c2)OCO3)C2C(=O)Nc3cc([N+](=O)[O-])ccc32)cc1. The van der Waals surface area contributed by atoms with Crippen LogP contribution in [-0.2, 0) is 9.59 Å². The number of non-ortho nitro benzene ring substituents is 1. The molecule has 0 bridgehead atoms. The number of benzene rings is 3. The molecule has 1 N–H and O–H groups in total. The molecule has 0 saturated heterocycles. The Morgan fingerprint density at radius 2 is 1.79 bits per heavy atom.